The molecule has 1 atom stereocenters. The standard InChI is InChI=1S/C21H35N3O3/c1-17-12-21(26-2)22-14-19(17)13-18-6-10-24(11-7-18)27-16-20(25)15-23-8-4-3-5-9-23/h12,14,18,20,25H,3-11,13,15-16H2,1-2H3. The first-order valence-corrected chi connectivity index (χ1v) is 10.4. The van der Waals surface area contributed by atoms with E-state index in [1.807, 2.05) is 17.3 Å². The van der Waals surface area contributed by atoms with Crippen molar-refractivity contribution in [1.29, 1.82) is 0 Å². The lowest BCUT2D eigenvalue weighted by atomic mass is 9.90. The highest BCUT2D eigenvalue weighted by atomic mass is 16.7. The molecule has 0 radical (unpaired) electrons. The van der Waals surface area contributed by atoms with Gasteiger partial charge in [0.25, 0.3) is 0 Å². The average Bonchev–Trinajstić information content (AvgIpc) is 2.69. The van der Waals surface area contributed by atoms with Crippen LogP contribution in [0.15, 0.2) is 12.3 Å². The molecule has 2 saturated heterocycles. The van der Waals surface area contributed by atoms with Crippen LogP contribution in [0.5, 0.6) is 5.88 Å². The van der Waals surface area contributed by atoms with Gasteiger partial charge in [0, 0.05) is 31.9 Å². The minimum absolute atomic E-state index is 0.395. The molecule has 1 N–H and O–H groups in total. The first-order valence-electron chi connectivity index (χ1n) is 10.4. The molecule has 1 aromatic heterocycles. The van der Waals surface area contributed by atoms with E-state index in [0.29, 0.717) is 18.4 Å². The van der Waals surface area contributed by atoms with Gasteiger partial charge in [0.05, 0.1) is 19.8 Å². The van der Waals surface area contributed by atoms with E-state index in [1.54, 1.807) is 7.11 Å². The van der Waals surface area contributed by atoms with Crippen molar-refractivity contribution < 1.29 is 14.7 Å². The minimum Gasteiger partial charge on any atom is -0.481 e. The molecule has 6 heteroatoms. The van der Waals surface area contributed by atoms with Gasteiger partial charge in [-0.15, -0.1) is 0 Å². The number of aryl methyl sites for hydroxylation is 1. The fourth-order valence-electron chi connectivity index (χ4n) is 4.12. The first kappa shape index (κ1) is 20.5. The van der Waals surface area contributed by atoms with Crippen LogP contribution in [0.4, 0.5) is 0 Å². The number of ether oxygens (including phenoxy) is 1. The maximum atomic E-state index is 10.2. The van der Waals surface area contributed by atoms with Gasteiger partial charge in [-0.05, 0) is 69.2 Å². The number of hydrogen-bond acceptors (Lipinski definition) is 6. The topological polar surface area (TPSA) is 58.1 Å². The Labute approximate surface area is 163 Å². The zero-order valence-electron chi connectivity index (χ0n) is 16.9. The molecular weight excluding hydrogens is 342 g/mol. The fraction of sp³-hybridized carbons (Fsp3) is 0.762. The molecule has 2 aliphatic rings. The summed E-state index contributed by atoms with van der Waals surface area (Å²) < 4.78 is 5.19. The van der Waals surface area contributed by atoms with E-state index in [4.69, 9.17) is 9.57 Å². The van der Waals surface area contributed by atoms with Gasteiger partial charge >= 0.3 is 0 Å². The molecule has 0 amide bonds. The van der Waals surface area contributed by atoms with Crippen molar-refractivity contribution in [2.24, 2.45) is 5.92 Å². The third kappa shape index (κ3) is 6.42. The van der Waals surface area contributed by atoms with Crippen LogP contribution in [0.1, 0.15) is 43.2 Å². The van der Waals surface area contributed by atoms with E-state index in [9.17, 15) is 5.11 Å². The maximum Gasteiger partial charge on any atom is 0.213 e. The summed E-state index contributed by atoms with van der Waals surface area (Å²) in [4.78, 5) is 12.6. The summed E-state index contributed by atoms with van der Waals surface area (Å²) in [7, 11) is 1.65. The van der Waals surface area contributed by atoms with E-state index in [0.717, 1.165) is 52.0 Å². The highest BCUT2D eigenvalue weighted by molar-refractivity contribution is 5.28. The lowest BCUT2D eigenvalue weighted by molar-refractivity contribution is -0.192. The highest BCUT2D eigenvalue weighted by Gasteiger charge is 2.22. The average molecular weight is 378 g/mol. The van der Waals surface area contributed by atoms with Crippen LogP contribution in [0.25, 0.3) is 0 Å². The molecule has 0 saturated carbocycles. The molecule has 3 heterocycles. The Bertz CT molecular complexity index is 570. The SMILES string of the molecule is COc1cc(C)c(CC2CCN(OCC(O)CN3CCCCC3)CC2)cn1. The number of rotatable bonds is 8. The number of aliphatic hydroxyl groups is 1. The van der Waals surface area contributed by atoms with Crippen LogP contribution in [-0.4, -0.2) is 72.6 Å². The second kappa shape index (κ2) is 10.4. The number of β-amino-alcohol motifs (C(OH)–C–C–N with tert-alkyl or cyclic N) is 1. The second-order valence-electron chi connectivity index (χ2n) is 8.04. The summed E-state index contributed by atoms with van der Waals surface area (Å²) in [6.07, 6.45) is 8.69. The predicted molar refractivity (Wildman–Crippen MR) is 106 cm³/mol. The van der Waals surface area contributed by atoms with Crippen molar-refractivity contribution in [3.05, 3.63) is 23.4 Å². The van der Waals surface area contributed by atoms with Gasteiger partial charge in [-0.1, -0.05) is 6.42 Å². The maximum absolute atomic E-state index is 10.2. The summed E-state index contributed by atoms with van der Waals surface area (Å²) >= 11 is 0. The van der Waals surface area contributed by atoms with Gasteiger partial charge < -0.3 is 14.7 Å². The number of nitrogens with zero attached hydrogens (tertiary/aromatic N) is 3. The van der Waals surface area contributed by atoms with E-state index >= 15 is 0 Å². The number of likely N-dealkylation sites (tertiary alicyclic amines) is 1. The summed E-state index contributed by atoms with van der Waals surface area (Å²) in [6, 6.07) is 2.01. The van der Waals surface area contributed by atoms with E-state index in [2.05, 4.69) is 16.8 Å². The Balaban J connectivity index is 1.35. The molecule has 0 spiro atoms. The molecule has 3 rings (SSSR count). The third-order valence-corrected chi connectivity index (χ3v) is 5.85. The molecule has 27 heavy (non-hydrogen) atoms. The van der Waals surface area contributed by atoms with Gasteiger partial charge in [0.1, 0.15) is 0 Å². The largest absolute Gasteiger partial charge is 0.481 e. The van der Waals surface area contributed by atoms with Crippen LogP contribution in [-0.2, 0) is 11.3 Å². The molecular formula is C21H35N3O3. The molecule has 2 fully saturated rings. The molecule has 1 aromatic rings. The zero-order chi connectivity index (χ0) is 19.1. The highest BCUT2D eigenvalue weighted by Crippen LogP contribution is 2.24. The van der Waals surface area contributed by atoms with E-state index in [1.165, 1.54) is 30.4 Å². The smallest absolute Gasteiger partial charge is 0.213 e. The lowest BCUT2D eigenvalue weighted by Gasteiger charge is -2.33. The number of methoxy groups -OCH3 is 1. The van der Waals surface area contributed by atoms with Crippen molar-refractivity contribution in [1.82, 2.24) is 14.9 Å². The Morgan fingerprint density at radius 2 is 1.93 bits per heavy atom. The molecule has 152 valence electrons. The van der Waals surface area contributed by atoms with Crippen molar-refractivity contribution in [2.75, 3.05) is 46.4 Å². The summed E-state index contributed by atoms with van der Waals surface area (Å²) in [5, 5.41) is 12.3. The van der Waals surface area contributed by atoms with Gasteiger partial charge in [-0.2, -0.15) is 5.06 Å². The van der Waals surface area contributed by atoms with Crippen LogP contribution in [0.2, 0.25) is 0 Å². The quantitative estimate of drug-likeness (QED) is 0.751. The van der Waals surface area contributed by atoms with Gasteiger partial charge in [-0.3, -0.25) is 4.84 Å². The summed E-state index contributed by atoms with van der Waals surface area (Å²) in [5.74, 6) is 1.35. The number of piperidine rings is 2. The first-order chi connectivity index (χ1) is 13.1. The van der Waals surface area contributed by atoms with Crippen LogP contribution in [0, 0.1) is 12.8 Å². The van der Waals surface area contributed by atoms with E-state index in [-0.39, 0.29) is 0 Å². The molecule has 0 aliphatic carbocycles. The summed E-state index contributed by atoms with van der Waals surface area (Å²) in [6.45, 7) is 7.36. The van der Waals surface area contributed by atoms with Crippen molar-refractivity contribution in [2.45, 2.75) is 51.6 Å². The Kier molecular flexibility index (Phi) is 7.88. The van der Waals surface area contributed by atoms with Gasteiger partial charge in [0.2, 0.25) is 5.88 Å². The molecule has 6 nitrogen and oxygen atoms in total. The summed E-state index contributed by atoms with van der Waals surface area (Å²) in [5.41, 5.74) is 2.56. The lowest BCUT2D eigenvalue weighted by Crippen LogP contribution is -2.41. The zero-order valence-corrected chi connectivity index (χ0v) is 16.9. The molecule has 0 bridgehead atoms. The third-order valence-electron chi connectivity index (χ3n) is 5.85. The van der Waals surface area contributed by atoms with Crippen molar-refractivity contribution in [3.8, 4) is 5.88 Å². The Hall–Kier alpha value is -1.21. The number of aliphatic hydroxyl groups excluding tert-OH is 1. The Morgan fingerprint density at radius 1 is 1.19 bits per heavy atom. The molecule has 0 aromatic carbocycles. The van der Waals surface area contributed by atoms with E-state index < -0.39 is 6.10 Å². The van der Waals surface area contributed by atoms with Gasteiger partial charge in [-0.25, -0.2) is 4.98 Å². The van der Waals surface area contributed by atoms with Crippen molar-refractivity contribution in [3.63, 3.8) is 0 Å². The Morgan fingerprint density at radius 3 is 2.59 bits per heavy atom. The number of hydroxylamine groups is 2. The number of aromatic nitrogens is 1. The van der Waals surface area contributed by atoms with Crippen LogP contribution >= 0.6 is 0 Å². The predicted octanol–water partition coefficient (Wildman–Crippen LogP) is 2.43. The second-order valence-corrected chi connectivity index (χ2v) is 8.04. The minimum atomic E-state index is -0.395. The molecule has 2 aliphatic heterocycles. The fourth-order valence-corrected chi connectivity index (χ4v) is 4.12. The number of hydrogen-bond donors (Lipinski definition) is 1. The van der Waals surface area contributed by atoms with Gasteiger partial charge in [0.15, 0.2) is 0 Å². The van der Waals surface area contributed by atoms with Crippen molar-refractivity contribution >= 4 is 0 Å². The normalized spacial score (nSPS) is 21.3. The van der Waals surface area contributed by atoms with Crippen LogP contribution in [0.3, 0.4) is 0 Å². The van der Waals surface area contributed by atoms with Crippen LogP contribution < -0.4 is 4.74 Å². The number of pyridine rings is 1. The monoisotopic (exact) mass is 377 g/mol. The molecule has 1 unspecified atom stereocenters.